The molecule has 0 atom stereocenters. The summed E-state index contributed by atoms with van der Waals surface area (Å²) in [5.41, 5.74) is 7.37. The summed E-state index contributed by atoms with van der Waals surface area (Å²) in [6.07, 6.45) is 0. The van der Waals surface area contributed by atoms with Gasteiger partial charge in [0.25, 0.3) is 0 Å². The van der Waals surface area contributed by atoms with Crippen molar-refractivity contribution < 1.29 is 4.42 Å². The Kier molecular flexibility index (Phi) is 2.65. The van der Waals surface area contributed by atoms with Gasteiger partial charge in [-0.2, -0.15) is 0 Å². The SMILES string of the molecule is Nc1ccc(Br)c(-c2ccc(Br)o2)c1. The third-order valence-electron chi connectivity index (χ3n) is 1.83. The van der Waals surface area contributed by atoms with Crippen LogP contribution in [-0.2, 0) is 0 Å². The van der Waals surface area contributed by atoms with Crippen molar-refractivity contribution in [1.29, 1.82) is 0 Å². The molecular weight excluding hydrogens is 310 g/mol. The molecule has 2 N–H and O–H groups in total. The summed E-state index contributed by atoms with van der Waals surface area (Å²) in [5.74, 6) is 0.788. The average Bonchev–Trinajstić information content (AvgIpc) is 2.56. The lowest BCUT2D eigenvalue weighted by Crippen LogP contribution is -1.85. The van der Waals surface area contributed by atoms with E-state index in [2.05, 4.69) is 31.9 Å². The number of hydrogen-bond acceptors (Lipinski definition) is 2. The molecule has 0 aliphatic carbocycles. The van der Waals surface area contributed by atoms with E-state index < -0.39 is 0 Å². The number of nitrogens with two attached hydrogens (primary N) is 1. The molecule has 2 nitrogen and oxygen atoms in total. The van der Waals surface area contributed by atoms with Gasteiger partial charge < -0.3 is 10.2 Å². The highest BCUT2D eigenvalue weighted by atomic mass is 79.9. The minimum atomic E-state index is 0.710. The van der Waals surface area contributed by atoms with Crippen LogP contribution >= 0.6 is 31.9 Å². The molecule has 0 saturated heterocycles. The quantitative estimate of drug-likeness (QED) is 0.806. The molecule has 0 radical (unpaired) electrons. The van der Waals surface area contributed by atoms with Gasteiger partial charge >= 0.3 is 0 Å². The monoisotopic (exact) mass is 315 g/mol. The Hall–Kier alpha value is -0.740. The van der Waals surface area contributed by atoms with Crippen molar-refractivity contribution in [3.8, 4) is 11.3 Å². The molecule has 0 spiro atoms. The number of anilines is 1. The highest BCUT2D eigenvalue weighted by molar-refractivity contribution is 9.10. The Balaban J connectivity index is 2.55. The van der Waals surface area contributed by atoms with Gasteiger partial charge in [-0.15, -0.1) is 0 Å². The second-order valence-electron chi connectivity index (χ2n) is 2.84. The van der Waals surface area contributed by atoms with Crippen LogP contribution in [0.2, 0.25) is 0 Å². The fraction of sp³-hybridized carbons (Fsp3) is 0. The van der Waals surface area contributed by atoms with Crippen molar-refractivity contribution in [3.63, 3.8) is 0 Å². The topological polar surface area (TPSA) is 39.2 Å². The van der Waals surface area contributed by atoms with E-state index in [1.807, 2.05) is 30.3 Å². The molecule has 0 bridgehead atoms. The maximum Gasteiger partial charge on any atom is 0.169 e. The highest BCUT2D eigenvalue weighted by Gasteiger charge is 2.07. The number of benzene rings is 1. The van der Waals surface area contributed by atoms with Gasteiger partial charge in [-0.25, -0.2) is 0 Å². The molecule has 0 aliphatic rings. The van der Waals surface area contributed by atoms with Crippen molar-refractivity contribution in [2.24, 2.45) is 0 Å². The molecular formula is C10H7Br2NO. The van der Waals surface area contributed by atoms with E-state index in [4.69, 9.17) is 10.2 Å². The van der Waals surface area contributed by atoms with Crippen molar-refractivity contribution in [2.75, 3.05) is 5.73 Å². The van der Waals surface area contributed by atoms with E-state index in [1.54, 1.807) is 0 Å². The first-order valence-electron chi connectivity index (χ1n) is 3.97. The molecule has 0 saturated carbocycles. The normalized spacial score (nSPS) is 10.4. The van der Waals surface area contributed by atoms with Gasteiger partial charge in [0.05, 0.1) is 0 Å². The van der Waals surface area contributed by atoms with Crippen molar-refractivity contribution in [2.45, 2.75) is 0 Å². The van der Waals surface area contributed by atoms with E-state index in [0.29, 0.717) is 4.67 Å². The molecule has 2 aromatic rings. The highest BCUT2D eigenvalue weighted by Crippen LogP contribution is 2.32. The first kappa shape index (κ1) is 9.80. The van der Waals surface area contributed by atoms with Gasteiger partial charge in [-0.3, -0.25) is 0 Å². The van der Waals surface area contributed by atoms with Gasteiger partial charge in [0, 0.05) is 15.7 Å². The van der Waals surface area contributed by atoms with Gasteiger partial charge in [0.15, 0.2) is 4.67 Å². The third kappa shape index (κ3) is 1.86. The maximum absolute atomic E-state index is 5.70. The standard InChI is InChI=1S/C10H7Br2NO/c11-8-2-1-6(13)5-7(8)9-3-4-10(12)14-9/h1-5H,13H2. The van der Waals surface area contributed by atoms with Crippen LogP contribution in [0.25, 0.3) is 11.3 Å². The number of hydrogen-bond donors (Lipinski definition) is 1. The summed E-state index contributed by atoms with van der Waals surface area (Å²) in [6, 6.07) is 9.36. The van der Waals surface area contributed by atoms with E-state index in [-0.39, 0.29) is 0 Å². The predicted octanol–water partition coefficient (Wildman–Crippen LogP) is 4.05. The number of halogens is 2. The van der Waals surface area contributed by atoms with Crippen LogP contribution in [0.5, 0.6) is 0 Å². The van der Waals surface area contributed by atoms with E-state index in [0.717, 1.165) is 21.5 Å². The molecule has 72 valence electrons. The van der Waals surface area contributed by atoms with Gasteiger partial charge in [-0.1, -0.05) is 15.9 Å². The summed E-state index contributed by atoms with van der Waals surface area (Å²) in [7, 11) is 0. The summed E-state index contributed by atoms with van der Waals surface area (Å²) < 4.78 is 7.11. The lowest BCUT2D eigenvalue weighted by atomic mass is 10.1. The Bertz CT molecular complexity index is 465. The molecule has 4 heteroatoms. The summed E-state index contributed by atoms with van der Waals surface area (Å²) >= 11 is 6.70. The van der Waals surface area contributed by atoms with Crippen LogP contribution in [0.4, 0.5) is 5.69 Å². The largest absolute Gasteiger partial charge is 0.449 e. The Morgan fingerprint density at radius 1 is 1.07 bits per heavy atom. The smallest absolute Gasteiger partial charge is 0.169 e. The van der Waals surface area contributed by atoms with E-state index in [1.165, 1.54) is 0 Å². The van der Waals surface area contributed by atoms with E-state index in [9.17, 15) is 0 Å². The minimum absolute atomic E-state index is 0.710. The fourth-order valence-corrected chi connectivity index (χ4v) is 1.94. The predicted molar refractivity (Wildman–Crippen MR) is 64.0 cm³/mol. The molecule has 1 heterocycles. The van der Waals surface area contributed by atoms with Crippen molar-refractivity contribution >= 4 is 37.5 Å². The first-order valence-corrected chi connectivity index (χ1v) is 5.56. The summed E-state index contributed by atoms with van der Waals surface area (Å²) in [5, 5.41) is 0. The van der Waals surface area contributed by atoms with Crippen LogP contribution in [0.3, 0.4) is 0 Å². The zero-order chi connectivity index (χ0) is 10.1. The second-order valence-corrected chi connectivity index (χ2v) is 4.48. The van der Waals surface area contributed by atoms with Crippen molar-refractivity contribution in [1.82, 2.24) is 0 Å². The minimum Gasteiger partial charge on any atom is -0.449 e. The number of nitrogen functional groups attached to an aromatic ring is 1. The van der Waals surface area contributed by atoms with Crippen LogP contribution in [0, 0.1) is 0 Å². The molecule has 2 rings (SSSR count). The Morgan fingerprint density at radius 3 is 2.50 bits per heavy atom. The molecule has 1 aromatic carbocycles. The molecule has 0 unspecified atom stereocenters. The van der Waals surface area contributed by atoms with Gasteiger partial charge in [-0.05, 0) is 46.3 Å². The van der Waals surface area contributed by atoms with Crippen LogP contribution in [0.15, 0.2) is 43.9 Å². The molecule has 0 amide bonds. The average molecular weight is 317 g/mol. The van der Waals surface area contributed by atoms with Crippen LogP contribution < -0.4 is 5.73 Å². The third-order valence-corrected chi connectivity index (χ3v) is 2.95. The molecule has 0 fully saturated rings. The molecule has 14 heavy (non-hydrogen) atoms. The first-order chi connectivity index (χ1) is 6.66. The Morgan fingerprint density at radius 2 is 1.86 bits per heavy atom. The summed E-state index contributed by atoms with van der Waals surface area (Å²) in [4.78, 5) is 0. The number of furan rings is 1. The maximum atomic E-state index is 5.70. The fourth-order valence-electron chi connectivity index (χ4n) is 1.19. The van der Waals surface area contributed by atoms with Gasteiger partial charge in [0.1, 0.15) is 5.76 Å². The van der Waals surface area contributed by atoms with Gasteiger partial charge in [0.2, 0.25) is 0 Å². The summed E-state index contributed by atoms with van der Waals surface area (Å²) in [6.45, 7) is 0. The molecule has 1 aromatic heterocycles. The number of rotatable bonds is 1. The molecule has 0 aliphatic heterocycles. The van der Waals surface area contributed by atoms with Crippen LogP contribution in [0.1, 0.15) is 0 Å². The zero-order valence-electron chi connectivity index (χ0n) is 7.13. The lowest BCUT2D eigenvalue weighted by molar-refractivity contribution is 0.555. The van der Waals surface area contributed by atoms with Crippen molar-refractivity contribution in [3.05, 3.63) is 39.5 Å². The van der Waals surface area contributed by atoms with E-state index >= 15 is 0 Å². The Labute approximate surface area is 98.4 Å². The van der Waals surface area contributed by atoms with Crippen LogP contribution in [-0.4, -0.2) is 0 Å². The lowest BCUT2D eigenvalue weighted by Gasteiger charge is -2.01. The zero-order valence-corrected chi connectivity index (χ0v) is 10.3. The second kappa shape index (κ2) is 3.79.